The van der Waals surface area contributed by atoms with Gasteiger partial charge in [0.1, 0.15) is 18.1 Å². The molecule has 8 rings (SSSR count). The first-order valence-corrected chi connectivity index (χ1v) is 16.4. The summed E-state index contributed by atoms with van der Waals surface area (Å²) in [5.74, 6) is -2.51. The van der Waals surface area contributed by atoms with E-state index >= 15 is 4.79 Å². The summed E-state index contributed by atoms with van der Waals surface area (Å²) in [6, 6.07) is 29.6. The molecule has 1 aromatic heterocycles. The highest BCUT2D eigenvalue weighted by Gasteiger charge is 2.69. The van der Waals surface area contributed by atoms with Crippen molar-refractivity contribution in [2.24, 2.45) is 13.0 Å². The summed E-state index contributed by atoms with van der Waals surface area (Å²) in [6.07, 6.45) is 1.93. The van der Waals surface area contributed by atoms with Crippen LogP contribution < -0.4 is 21.0 Å². The molecule has 10 nitrogen and oxygen atoms in total. The van der Waals surface area contributed by atoms with Gasteiger partial charge in [0.15, 0.2) is 0 Å². The zero-order chi connectivity index (χ0) is 34.0. The van der Waals surface area contributed by atoms with Gasteiger partial charge in [0.2, 0.25) is 11.8 Å². The molecule has 1 N–H and O–H groups in total. The maximum Gasteiger partial charge on any atom is 0.347 e. The molecule has 2 fully saturated rings. The van der Waals surface area contributed by atoms with Crippen LogP contribution in [0, 0.1) is 5.92 Å². The smallest absolute Gasteiger partial charge is 0.347 e. The largest absolute Gasteiger partial charge is 0.508 e. The number of imide groups is 1. The van der Waals surface area contributed by atoms with Crippen molar-refractivity contribution in [3.05, 3.63) is 157 Å². The van der Waals surface area contributed by atoms with E-state index in [0.717, 1.165) is 10.1 Å². The molecule has 11 heteroatoms. The number of hydrogen-bond acceptors (Lipinski definition) is 6. The van der Waals surface area contributed by atoms with Crippen molar-refractivity contribution in [2.45, 2.75) is 36.9 Å². The molecular weight excluding hydrogens is 644 g/mol. The Hall–Kier alpha value is -5.61. The Kier molecular flexibility index (Phi) is 7.22. The molecule has 1 saturated carbocycles. The predicted octanol–water partition coefficient (Wildman–Crippen LogP) is 5.08. The van der Waals surface area contributed by atoms with Crippen LogP contribution in [0.5, 0.6) is 11.5 Å². The fraction of sp³-hybridized carbons (Fsp3) is 0.211. The van der Waals surface area contributed by atoms with Crippen molar-refractivity contribution in [3.8, 4) is 11.5 Å². The zero-order valence-corrected chi connectivity index (χ0v) is 27.2. The fourth-order valence-electron chi connectivity index (χ4n) is 8.06. The minimum atomic E-state index is -1.52. The number of halogens is 1. The number of fused-ring (bicyclic) bond motifs is 4. The van der Waals surface area contributed by atoms with E-state index in [2.05, 4.69) is 0 Å². The highest BCUT2D eigenvalue weighted by Crippen LogP contribution is 2.63. The van der Waals surface area contributed by atoms with Gasteiger partial charge in [0.05, 0.1) is 29.6 Å². The summed E-state index contributed by atoms with van der Waals surface area (Å²) in [5, 5.41) is 12.2. The van der Waals surface area contributed by atoms with Crippen molar-refractivity contribution < 1.29 is 19.4 Å². The van der Waals surface area contributed by atoms with Crippen LogP contribution >= 0.6 is 11.6 Å². The number of nitrogens with zero attached hydrogens (tertiary/aromatic N) is 4. The number of ether oxygens (including phenoxy) is 1. The number of phenolic OH excluding ortho intramolecular Hbond substituents is 1. The lowest BCUT2D eigenvalue weighted by atomic mass is 9.53. The number of rotatable bonds is 6. The molecule has 1 aliphatic carbocycles. The zero-order valence-electron chi connectivity index (χ0n) is 26.4. The quantitative estimate of drug-likeness (QED) is 0.198. The molecule has 0 bridgehead atoms. The number of carbonyl (C=O) groups is 2. The van der Waals surface area contributed by atoms with E-state index in [4.69, 9.17) is 16.3 Å². The third-order valence-corrected chi connectivity index (χ3v) is 10.4. The Labute approximate surface area is 285 Å². The summed E-state index contributed by atoms with van der Waals surface area (Å²) in [6.45, 7) is 0.355. The van der Waals surface area contributed by atoms with Crippen LogP contribution in [0.25, 0.3) is 0 Å². The van der Waals surface area contributed by atoms with Crippen LogP contribution in [-0.2, 0) is 35.2 Å². The molecule has 2 amide bonds. The predicted molar refractivity (Wildman–Crippen MR) is 183 cm³/mol. The van der Waals surface area contributed by atoms with E-state index in [-0.39, 0.29) is 25.3 Å². The Morgan fingerprint density at radius 3 is 2.33 bits per heavy atom. The average molecular weight is 675 g/mol. The molecule has 4 aromatic carbocycles. The minimum Gasteiger partial charge on any atom is -0.508 e. The van der Waals surface area contributed by atoms with Crippen LogP contribution in [0.1, 0.15) is 35.1 Å². The SMILES string of the molecule is Cn1c(=O)n2n(c1=O)[C@@H]1C[C@H]3C(=O)N(c4cccc(Cl)c4)C(=O)[C@@]3(c3ccccc3)[C@@H](c3ccc(OCc4ccccc4)cc3O)C1=CC2. The van der Waals surface area contributed by atoms with Crippen LogP contribution in [-0.4, -0.2) is 30.9 Å². The molecule has 4 atom stereocenters. The van der Waals surface area contributed by atoms with Crippen molar-refractivity contribution in [2.75, 3.05) is 4.90 Å². The Morgan fingerprint density at radius 2 is 1.61 bits per heavy atom. The molecule has 0 unspecified atom stereocenters. The molecule has 49 heavy (non-hydrogen) atoms. The second-order valence-corrected chi connectivity index (χ2v) is 13.1. The van der Waals surface area contributed by atoms with Crippen molar-refractivity contribution in [1.29, 1.82) is 0 Å². The monoisotopic (exact) mass is 674 g/mol. The van der Waals surface area contributed by atoms with Crippen LogP contribution in [0.4, 0.5) is 5.69 Å². The second kappa shape index (κ2) is 11.5. The average Bonchev–Trinajstić information content (AvgIpc) is 3.48. The van der Waals surface area contributed by atoms with Crippen molar-refractivity contribution in [1.82, 2.24) is 13.9 Å². The standard InChI is InChI=1S/C38H31ClN4O6/c1-40-36(47)41-18-17-28-31(43(41)37(40)48)21-30-34(45)42(26-14-8-13-25(39)19-26)35(46)38(30,24-11-6-3-7-12-24)33(28)29-16-15-27(20-32(29)44)49-22-23-9-4-2-5-10-23/h2-17,19-20,30-31,33,44H,18,21-22H2,1H3/t30-,31+,33+,38+/m0/s1. The van der Waals surface area contributed by atoms with E-state index in [1.807, 2.05) is 66.7 Å². The number of aromatic nitrogens is 3. The summed E-state index contributed by atoms with van der Waals surface area (Å²) in [4.78, 5) is 57.8. The van der Waals surface area contributed by atoms with Crippen molar-refractivity contribution in [3.63, 3.8) is 0 Å². The van der Waals surface area contributed by atoms with E-state index in [0.29, 0.717) is 33.2 Å². The Balaban J connectivity index is 1.35. The number of phenols is 1. The number of amides is 2. The lowest BCUT2D eigenvalue weighted by molar-refractivity contribution is -0.124. The third-order valence-electron chi connectivity index (χ3n) is 10.2. The summed E-state index contributed by atoms with van der Waals surface area (Å²) in [7, 11) is 1.42. The van der Waals surface area contributed by atoms with Gasteiger partial charge in [-0.2, -0.15) is 0 Å². The maximum atomic E-state index is 15.3. The molecule has 3 aliphatic rings. The van der Waals surface area contributed by atoms with E-state index in [1.165, 1.54) is 27.4 Å². The number of benzene rings is 4. The van der Waals surface area contributed by atoms with Gasteiger partial charge >= 0.3 is 11.4 Å². The first-order chi connectivity index (χ1) is 23.7. The second-order valence-electron chi connectivity index (χ2n) is 12.7. The summed E-state index contributed by atoms with van der Waals surface area (Å²) < 4.78 is 9.82. The minimum absolute atomic E-state index is 0.0707. The lowest BCUT2D eigenvalue weighted by Gasteiger charge is -2.49. The van der Waals surface area contributed by atoms with Gasteiger partial charge in [-0.3, -0.25) is 9.59 Å². The van der Waals surface area contributed by atoms with Gasteiger partial charge in [-0.15, -0.1) is 0 Å². The molecule has 5 aromatic rings. The Morgan fingerprint density at radius 1 is 0.878 bits per heavy atom. The first-order valence-electron chi connectivity index (χ1n) is 16.0. The number of aromatic hydroxyl groups is 1. The number of carbonyl (C=O) groups excluding carboxylic acids is 2. The van der Waals surface area contributed by atoms with Gasteiger partial charge in [-0.25, -0.2) is 28.4 Å². The topological polar surface area (TPSA) is 116 Å². The van der Waals surface area contributed by atoms with Gasteiger partial charge < -0.3 is 9.84 Å². The van der Waals surface area contributed by atoms with Crippen LogP contribution in [0.15, 0.2) is 124 Å². The third kappa shape index (κ3) is 4.54. The molecule has 0 spiro atoms. The molecular formula is C38H31ClN4O6. The molecule has 3 heterocycles. The number of anilines is 1. The van der Waals surface area contributed by atoms with E-state index in [1.54, 1.807) is 36.4 Å². The van der Waals surface area contributed by atoms with E-state index < -0.39 is 46.5 Å². The van der Waals surface area contributed by atoms with Crippen LogP contribution in [0.2, 0.25) is 5.02 Å². The van der Waals surface area contributed by atoms with E-state index in [9.17, 15) is 19.5 Å². The number of hydrogen-bond donors (Lipinski definition) is 1. The van der Waals surface area contributed by atoms with Gasteiger partial charge in [0.25, 0.3) is 0 Å². The molecule has 1 saturated heterocycles. The molecule has 2 aliphatic heterocycles. The highest BCUT2D eigenvalue weighted by molar-refractivity contribution is 6.32. The highest BCUT2D eigenvalue weighted by atomic mass is 35.5. The van der Waals surface area contributed by atoms with Gasteiger partial charge in [-0.05, 0) is 47.4 Å². The summed E-state index contributed by atoms with van der Waals surface area (Å²) >= 11 is 6.36. The summed E-state index contributed by atoms with van der Waals surface area (Å²) in [5.41, 5.74) is 0.409. The van der Waals surface area contributed by atoms with Crippen molar-refractivity contribution >= 4 is 29.1 Å². The molecule has 0 radical (unpaired) electrons. The number of allylic oxidation sites excluding steroid dienone is 2. The maximum absolute atomic E-state index is 15.3. The first kappa shape index (κ1) is 30.7. The Bertz CT molecular complexity index is 2290. The normalized spacial score (nSPS) is 22.7. The van der Waals surface area contributed by atoms with Gasteiger partial charge in [-0.1, -0.05) is 90.5 Å². The van der Waals surface area contributed by atoms with Crippen LogP contribution in [0.3, 0.4) is 0 Å². The molecule has 246 valence electrons. The lowest BCUT2D eigenvalue weighted by Crippen LogP contribution is -2.53. The fourth-order valence-corrected chi connectivity index (χ4v) is 8.24. The van der Waals surface area contributed by atoms with Gasteiger partial charge in [0, 0.05) is 29.6 Å².